The molecule has 3 amide bonds. The van der Waals surface area contributed by atoms with Crippen molar-refractivity contribution in [1.82, 2.24) is 5.32 Å². The molecule has 2 aromatic carbocycles. The van der Waals surface area contributed by atoms with Crippen molar-refractivity contribution in [3.05, 3.63) is 59.8 Å². The predicted octanol–water partition coefficient (Wildman–Crippen LogP) is 2.80. The summed E-state index contributed by atoms with van der Waals surface area (Å²) in [6, 6.07) is 13.4. The molecule has 3 rings (SSSR count). The van der Waals surface area contributed by atoms with Crippen LogP contribution < -0.4 is 19.7 Å². The molecule has 1 aliphatic heterocycles. The maximum atomic E-state index is 12.6. The summed E-state index contributed by atoms with van der Waals surface area (Å²) in [5, 5.41) is 2.59. The van der Waals surface area contributed by atoms with Gasteiger partial charge in [-0.15, -0.1) is 6.42 Å². The van der Waals surface area contributed by atoms with E-state index in [1.807, 2.05) is 6.07 Å². The minimum Gasteiger partial charge on any atom is -0.493 e. The number of hydrogen-bond acceptors (Lipinski definition) is 4. The molecule has 1 saturated heterocycles. The standard InChI is InChI=1S/C20H16N2O4/c1-3-11-26-17-10-9-14(13-18(17)25-2)12-16-19(23)22(20(24)21-16)15-7-5-4-6-8-15/h1,4-10,12-13H,11H2,2H3,(H,21,24)/b16-12+. The first-order chi connectivity index (χ1) is 12.6. The van der Waals surface area contributed by atoms with Crippen LogP contribution in [0.5, 0.6) is 11.5 Å². The summed E-state index contributed by atoms with van der Waals surface area (Å²) < 4.78 is 10.7. The van der Waals surface area contributed by atoms with E-state index in [9.17, 15) is 9.59 Å². The van der Waals surface area contributed by atoms with E-state index in [1.165, 1.54) is 7.11 Å². The molecule has 130 valence electrons. The Balaban J connectivity index is 1.88. The number of carbonyl (C=O) groups is 2. The number of ether oxygens (including phenoxy) is 2. The minimum atomic E-state index is -0.492. The molecule has 0 unspecified atom stereocenters. The first-order valence-electron chi connectivity index (χ1n) is 7.80. The van der Waals surface area contributed by atoms with Gasteiger partial charge < -0.3 is 14.8 Å². The first-order valence-corrected chi connectivity index (χ1v) is 7.80. The highest BCUT2D eigenvalue weighted by Gasteiger charge is 2.34. The van der Waals surface area contributed by atoms with E-state index in [2.05, 4.69) is 11.2 Å². The lowest BCUT2D eigenvalue weighted by molar-refractivity contribution is -0.113. The molecule has 0 atom stereocenters. The number of para-hydroxylation sites is 1. The fraction of sp³-hybridized carbons (Fsp3) is 0.100. The van der Waals surface area contributed by atoms with Gasteiger partial charge in [-0.3, -0.25) is 4.79 Å². The Hall–Kier alpha value is -3.72. The maximum absolute atomic E-state index is 12.6. The summed E-state index contributed by atoms with van der Waals surface area (Å²) in [6.45, 7) is 0.122. The molecule has 1 aliphatic rings. The third-order valence-corrected chi connectivity index (χ3v) is 3.70. The fourth-order valence-electron chi connectivity index (χ4n) is 2.53. The average Bonchev–Trinajstić information content (AvgIpc) is 2.94. The van der Waals surface area contributed by atoms with Gasteiger partial charge in [0, 0.05) is 0 Å². The topological polar surface area (TPSA) is 67.9 Å². The smallest absolute Gasteiger partial charge is 0.333 e. The van der Waals surface area contributed by atoms with E-state index >= 15 is 0 Å². The molecule has 0 bridgehead atoms. The van der Waals surface area contributed by atoms with Gasteiger partial charge in [-0.2, -0.15) is 0 Å². The largest absolute Gasteiger partial charge is 0.493 e. The fourth-order valence-corrected chi connectivity index (χ4v) is 2.53. The number of carbonyl (C=O) groups excluding carboxylic acids is 2. The van der Waals surface area contributed by atoms with Crippen LogP contribution in [0.4, 0.5) is 10.5 Å². The van der Waals surface area contributed by atoms with Crippen molar-refractivity contribution >= 4 is 23.7 Å². The van der Waals surface area contributed by atoms with Gasteiger partial charge in [0.05, 0.1) is 12.8 Å². The maximum Gasteiger partial charge on any atom is 0.333 e. The van der Waals surface area contributed by atoms with Gasteiger partial charge in [-0.25, -0.2) is 9.69 Å². The van der Waals surface area contributed by atoms with Crippen molar-refractivity contribution in [2.45, 2.75) is 0 Å². The number of amides is 3. The lowest BCUT2D eigenvalue weighted by atomic mass is 10.1. The van der Waals surface area contributed by atoms with Crippen LogP contribution in [0.15, 0.2) is 54.2 Å². The SMILES string of the molecule is C#CCOc1ccc(/C=C2/NC(=O)N(c3ccccc3)C2=O)cc1OC. The van der Waals surface area contributed by atoms with Crippen molar-refractivity contribution in [3.63, 3.8) is 0 Å². The first kappa shape index (κ1) is 17.1. The van der Waals surface area contributed by atoms with Gasteiger partial charge >= 0.3 is 6.03 Å². The highest BCUT2D eigenvalue weighted by Crippen LogP contribution is 2.29. The summed E-state index contributed by atoms with van der Waals surface area (Å²) in [5.74, 6) is 2.94. The second kappa shape index (κ2) is 7.45. The van der Waals surface area contributed by atoms with Crippen LogP contribution in [0.3, 0.4) is 0 Å². The van der Waals surface area contributed by atoms with E-state index in [0.29, 0.717) is 22.7 Å². The number of hydrogen-bond donors (Lipinski definition) is 1. The van der Waals surface area contributed by atoms with Crippen LogP contribution in [0.1, 0.15) is 5.56 Å². The van der Waals surface area contributed by atoms with Crippen LogP contribution in [-0.4, -0.2) is 25.7 Å². The lowest BCUT2D eigenvalue weighted by Crippen LogP contribution is -2.30. The number of nitrogens with zero attached hydrogens (tertiary/aromatic N) is 1. The van der Waals surface area contributed by atoms with Crippen LogP contribution >= 0.6 is 0 Å². The molecule has 2 aromatic rings. The van der Waals surface area contributed by atoms with Crippen molar-refractivity contribution in [2.75, 3.05) is 18.6 Å². The molecule has 0 saturated carbocycles. The number of nitrogens with one attached hydrogen (secondary N) is 1. The van der Waals surface area contributed by atoms with E-state index in [1.54, 1.807) is 48.5 Å². The van der Waals surface area contributed by atoms with Gasteiger partial charge in [0.25, 0.3) is 5.91 Å². The zero-order valence-electron chi connectivity index (χ0n) is 14.1. The summed E-state index contributed by atoms with van der Waals surface area (Å²) in [5.41, 5.74) is 1.36. The molecular formula is C20H16N2O4. The van der Waals surface area contributed by atoms with Crippen molar-refractivity contribution in [1.29, 1.82) is 0 Å². The monoisotopic (exact) mass is 348 g/mol. The quantitative estimate of drug-likeness (QED) is 0.513. The zero-order valence-corrected chi connectivity index (χ0v) is 14.1. The number of rotatable bonds is 5. The van der Waals surface area contributed by atoms with Crippen LogP contribution in [-0.2, 0) is 4.79 Å². The van der Waals surface area contributed by atoms with Crippen LogP contribution in [0.2, 0.25) is 0 Å². The minimum absolute atomic E-state index is 0.122. The zero-order chi connectivity index (χ0) is 18.5. The molecule has 6 nitrogen and oxygen atoms in total. The second-order valence-electron chi connectivity index (χ2n) is 5.37. The molecule has 1 N–H and O–H groups in total. The van der Waals surface area contributed by atoms with Gasteiger partial charge in [-0.05, 0) is 35.9 Å². The Labute approximate surface area is 151 Å². The third-order valence-electron chi connectivity index (χ3n) is 3.70. The van der Waals surface area contributed by atoms with Crippen molar-refractivity contribution in [3.8, 4) is 23.8 Å². The highest BCUT2D eigenvalue weighted by atomic mass is 16.5. The van der Waals surface area contributed by atoms with Crippen LogP contribution in [0, 0.1) is 12.3 Å². The Kier molecular flexibility index (Phi) is 4.90. The van der Waals surface area contributed by atoms with Gasteiger partial charge in [0.2, 0.25) is 0 Å². The van der Waals surface area contributed by atoms with Gasteiger partial charge in [-0.1, -0.05) is 30.2 Å². The van der Waals surface area contributed by atoms with E-state index < -0.39 is 11.9 Å². The highest BCUT2D eigenvalue weighted by molar-refractivity contribution is 6.28. The summed E-state index contributed by atoms with van der Waals surface area (Å²) in [6.07, 6.45) is 6.77. The third kappa shape index (κ3) is 3.37. The van der Waals surface area contributed by atoms with E-state index in [4.69, 9.17) is 15.9 Å². The van der Waals surface area contributed by atoms with Crippen molar-refractivity contribution in [2.24, 2.45) is 0 Å². The Bertz CT molecular complexity index is 913. The number of urea groups is 1. The summed E-state index contributed by atoms with van der Waals surface area (Å²) >= 11 is 0. The number of benzene rings is 2. The lowest BCUT2D eigenvalue weighted by Gasteiger charge is -2.11. The average molecular weight is 348 g/mol. The molecule has 0 radical (unpaired) electrons. The van der Waals surface area contributed by atoms with Gasteiger partial charge in [0.15, 0.2) is 11.5 Å². The van der Waals surface area contributed by atoms with E-state index in [-0.39, 0.29) is 12.3 Å². The summed E-state index contributed by atoms with van der Waals surface area (Å²) in [7, 11) is 1.51. The number of imide groups is 1. The molecule has 0 spiro atoms. The molecule has 0 aromatic heterocycles. The predicted molar refractivity (Wildman–Crippen MR) is 97.8 cm³/mol. The second-order valence-corrected chi connectivity index (χ2v) is 5.37. The normalized spacial score (nSPS) is 14.9. The molecule has 6 heteroatoms. The van der Waals surface area contributed by atoms with Gasteiger partial charge in [0.1, 0.15) is 12.3 Å². The molecule has 1 heterocycles. The number of methoxy groups -OCH3 is 1. The molecule has 1 fully saturated rings. The van der Waals surface area contributed by atoms with Crippen molar-refractivity contribution < 1.29 is 19.1 Å². The number of terminal acetylenes is 1. The van der Waals surface area contributed by atoms with Crippen LogP contribution in [0.25, 0.3) is 6.08 Å². The Morgan fingerprint density at radius 1 is 1.15 bits per heavy atom. The van der Waals surface area contributed by atoms with E-state index in [0.717, 1.165) is 4.90 Å². The Morgan fingerprint density at radius 3 is 2.62 bits per heavy atom. The molecule has 26 heavy (non-hydrogen) atoms. The Morgan fingerprint density at radius 2 is 1.92 bits per heavy atom. The molecular weight excluding hydrogens is 332 g/mol. The molecule has 0 aliphatic carbocycles. The number of anilines is 1. The summed E-state index contributed by atoms with van der Waals surface area (Å²) in [4.78, 5) is 25.8.